The number of para-hydroxylation sites is 2. The molecule has 10 heteroatoms. The minimum absolute atomic E-state index is 0.170. The van der Waals surface area contributed by atoms with Gasteiger partial charge in [0.25, 0.3) is 11.6 Å². The van der Waals surface area contributed by atoms with E-state index in [1.165, 1.54) is 39.1 Å². The molecule has 0 bridgehead atoms. The lowest BCUT2D eigenvalue weighted by molar-refractivity contribution is -0.384. The number of nitrogens with zero attached hydrogens (tertiary/aromatic N) is 4. The van der Waals surface area contributed by atoms with Crippen LogP contribution < -0.4 is 5.43 Å². The van der Waals surface area contributed by atoms with Gasteiger partial charge in [0.15, 0.2) is 5.69 Å². The lowest BCUT2D eigenvalue weighted by Gasteiger charge is -2.17. The van der Waals surface area contributed by atoms with Crippen molar-refractivity contribution in [1.29, 1.82) is 0 Å². The van der Waals surface area contributed by atoms with Crippen LogP contribution in [0.2, 0.25) is 0 Å². The van der Waals surface area contributed by atoms with Gasteiger partial charge in [0.2, 0.25) is 5.43 Å². The van der Waals surface area contributed by atoms with Crippen molar-refractivity contribution in [3.8, 4) is 5.69 Å². The Balaban J connectivity index is 2.01. The first-order valence-electron chi connectivity index (χ1n) is 8.11. The van der Waals surface area contributed by atoms with Crippen molar-refractivity contribution in [2.24, 2.45) is 0 Å². The van der Waals surface area contributed by atoms with E-state index in [2.05, 4.69) is 21.0 Å². The summed E-state index contributed by atoms with van der Waals surface area (Å²) in [6, 6.07) is 9.18. The zero-order valence-corrected chi connectivity index (χ0v) is 17.4. The third-order valence-corrected chi connectivity index (χ3v) is 5.66. The van der Waals surface area contributed by atoms with Crippen molar-refractivity contribution >= 4 is 38.9 Å². The lowest BCUT2D eigenvalue weighted by atomic mass is 10.2. The molecule has 2 aromatic heterocycles. The molecular formula is C18H15BrN4O4S. The smallest absolute Gasteiger partial charge is 0.294 e. The van der Waals surface area contributed by atoms with Gasteiger partial charge < -0.3 is 4.90 Å². The molecule has 0 N–H and O–H groups in total. The van der Waals surface area contributed by atoms with Crippen LogP contribution in [0.5, 0.6) is 0 Å². The molecule has 0 saturated carbocycles. The van der Waals surface area contributed by atoms with E-state index in [1.54, 1.807) is 26.1 Å². The summed E-state index contributed by atoms with van der Waals surface area (Å²) in [5, 5.41) is 17.4. The quantitative estimate of drug-likeness (QED) is 0.426. The third kappa shape index (κ3) is 4.02. The Morgan fingerprint density at radius 2 is 2.07 bits per heavy atom. The maximum Gasteiger partial charge on any atom is 0.294 e. The Bertz CT molecular complexity index is 1120. The average molecular weight is 463 g/mol. The summed E-state index contributed by atoms with van der Waals surface area (Å²) in [6.45, 7) is 1.92. The molecule has 0 saturated heterocycles. The minimum atomic E-state index is -0.554. The number of rotatable bonds is 5. The number of aromatic nitrogens is 2. The molecule has 3 aromatic rings. The van der Waals surface area contributed by atoms with Crippen LogP contribution in [0.1, 0.15) is 21.1 Å². The standard InChI is InChI=1S/C18H15BrN4O4S/c1-11-7-16(24)17(18(25)21(2)9-13-8-12(19)10-28-13)20-22(11)14-5-3-4-6-15(14)23(26)27/h3-8,10H,9H2,1-2H3. The summed E-state index contributed by atoms with van der Waals surface area (Å²) in [5.74, 6) is -0.554. The SMILES string of the molecule is Cc1cc(=O)c(C(=O)N(C)Cc2cc(Br)cs2)nn1-c1ccccc1[N+](=O)[O-]. The van der Waals surface area contributed by atoms with Gasteiger partial charge in [-0.25, -0.2) is 4.68 Å². The van der Waals surface area contributed by atoms with Crippen LogP contribution in [0.25, 0.3) is 5.69 Å². The van der Waals surface area contributed by atoms with E-state index in [-0.39, 0.29) is 17.1 Å². The van der Waals surface area contributed by atoms with Crippen LogP contribution >= 0.6 is 27.3 Å². The van der Waals surface area contributed by atoms with E-state index in [4.69, 9.17) is 0 Å². The second kappa shape index (κ2) is 8.03. The van der Waals surface area contributed by atoms with Gasteiger partial charge in [0.05, 0.1) is 11.5 Å². The van der Waals surface area contributed by atoms with Gasteiger partial charge in [0, 0.05) is 39.6 Å². The monoisotopic (exact) mass is 462 g/mol. The van der Waals surface area contributed by atoms with E-state index in [0.717, 1.165) is 9.35 Å². The number of halogens is 1. The molecule has 0 aliphatic rings. The molecule has 8 nitrogen and oxygen atoms in total. The van der Waals surface area contributed by atoms with Crippen LogP contribution in [-0.4, -0.2) is 32.6 Å². The highest BCUT2D eigenvalue weighted by atomic mass is 79.9. The third-order valence-electron chi connectivity index (χ3n) is 3.98. The summed E-state index contributed by atoms with van der Waals surface area (Å²) < 4.78 is 2.17. The zero-order chi connectivity index (χ0) is 20.4. The van der Waals surface area contributed by atoms with Gasteiger partial charge in [-0.2, -0.15) is 5.10 Å². The van der Waals surface area contributed by atoms with E-state index >= 15 is 0 Å². The fraction of sp³-hybridized carbons (Fsp3) is 0.167. The molecule has 0 fully saturated rings. The molecule has 3 rings (SSSR count). The molecule has 1 aromatic carbocycles. The number of amides is 1. The van der Waals surface area contributed by atoms with Crippen molar-refractivity contribution in [2.75, 3.05) is 7.05 Å². The molecule has 0 spiro atoms. The number of aryl methyl sites for hydroxylation is 1. The van der Waals surface area contributed by atoms with Crippen LogP contribution in [0.15, 0.2) is 51.0 Å². The number of thiophene rings is 1. The highest BCUT2D eigenvalue weighted by Gasteiger charge is 2.22. The van der Waals surface area contributed by atoms with Gasteiger partial charge in [-0.15, -0.1) is 11.3 Å². The fourth-order valence-electron chi connectivity index (χ4n) is 2.66. The molecule has 28 heavy (non-hydrogen) atoms. The maximum atomic E-state index is 12.8. The van der Waals surface area contributed by atoms with Gasteiger partial charge in [-0.05, 0) is 35.0 Å². The number of hydrogen-bond donors (Lipinski definition) is 0. The van der Waals surface area contributed by atoms with Gasteiger partial charge in [0.1, 0.15) is 5.69 Å². The van der Waals surface area contributed by atoms with E-state index in [9.17, 15) is 19.7 Å². The largest absolute Gasteiger partial charge is 0.335 e. The van der Waals surface area contributed by atoms with Crippen molar-refractivity contribution in [2.45, 2.75) is 13.5 Å². The normalized spacial score (nSPS) is 10.7. The second-order valence-corrected chi connectivity index (χ2v) is 7.96. The van der Waals surface area contributed by atoms with E-state index in [1.807, 2.05) is 11.4 Å². The Labute approximate surface area is 172 Å². The van der Waals surface area contributed by atoms with Crippen molar-refractivity contribution in [1.82, 2.24) is 14.7 Å². The van der Waals surface area contributed by atoms with Crippen LogP contribution in [0, 0.1) is 17.0 Å². The van der Waals surface area contributed by atoms with Crippen LogP contribution in [0.3, 0.4) is 0 Å². The van der Waals surface area contributed by atoms with Crippen LogP contribution in [0.4, 0.5) is 5.69 Å². The number of nitro groups is 1. The molecule has 0 unspecified atom stereocenters. The van der Waals surface area contributed by atoms with Crippen molar-refractivity contribution < 1.29 is 9.72 Å². The predicted molar refractivity (Wildman–Crippen MR) is 109 cm³/mol. The number of hydrogen-bond acceptors (Lipinski definition) is 6. The number of carbonyl (C=O) groups excluding carboxylic acids is 1. The Morgan fingerprint density at radius 3 is 2.71 bits per heavy atom. The van der Waals surface area contributed by atoms with Gasteiger partial charge in [-0.3, -0.25) is 19.7 Å². The Kier molecular flexibility index (Phi) is 5.71. The van der Waals surface area contributed by atoms with E-state index in [0.29, 0.717) is 12.2 Å². The number of benzene rings is 1. The first kappa shape index (κ1) is 19.9. The predicted octanol–water partition coefficient (Wildman–Crippen LogP) is 3.55. The molecule has 0 radical (unpaired) electrons. The zero-order valence-electron chi connectivity index (χ0n) is 15.0. The maximum absolute atomic E-state index is 12.8. The molecule has 0 atom stereocenters. The molecule has 0 aliphatic carbocycles. The summed E-state index contributed by atoms with van der Waals surface area (Å²) in [5.41, 5.74) is -0.417. The summed E-state index contributed by atoms with van der Waals surface area (Å²) in [6.07, 6.45) is 0. The summed E-state index contributed by atoms with van der Waals surface area (Å²) in [4.78, 5) is 38.3. The number of carbonyl (C=O) groups is 1. The Morgan fingerprint density at radius 1 is 1.36 bits per heavy atom. The van der Waals surface area contributed by atoms with E-state index < -0.39 is 16.3 Å². The molecule has 1 amide bonds. The second-order valence-electron chi connectivity index (χ2n) is 6.05. The van der Waals surface area contributed by atoms with Crippen molar-refractivity contribution in [3.05, 3.63) is 82.9 Å². The van der Waals surface area contributed by atoms with Crippen molar-refractivity contribution in [3.63, 3.8) is 0 Å². The highest BCUT2D eigenvalue weighted by Crippen LogP contribution is 2.23. The Hall–Kier alpha value is -2.85. The summed E-state index contributed by atoms with van der Waals surface area (Å²) in [7, 11) is 1.58. The fourth-order valence-corrected chi connectivity index (χ4v) is 4.16. The molecule has 0 aliphatic heterocycles. The van der Waals surface area contributed by atoms with Gasteiger partial charge >= 0.3 is 0 Å². The molecule has 2 heterocycles. The first-order chi connectivity index (χ1) is 13.3. The highest BCUT2D eigenvalue weighted by molar-refractivity contribution is 9.10. The average Bonchev–Trinajstić information content (AvgIpc) is 3.06. The number of nitro benzene ring substituents is 1. The summed E-state index contributed by atoms with van der Waals surface area (Å²) >= 11 is 4.85. The molecule has 144 valence electrons. The lowest BCUT2D eigenvalue weighted by Crippen LogP contribution is -2.33. The van der Waals surface area contributed by atoms with Gasteiger partial charge in [-0.1, -0.05) is 12.1 Å². The van der Waals surface area contributed by atoms with Crippen LogP contribution in [-0.2, 0) is 6.54 Å². The first-order valence-corrected chi connectivity index (χ1v) is 9.78. The minimum Gasteiger partial charge on any atom is -0.335 e. The topological polar surface area (TPSA) is 98.3 Å². The molecular weight excluding hydrogens is 448 g/mol.